The van der Waals surface area contributed by atoms with Gasteiger partial charge >= 0.3 is 5.97 Å². The second-order valence-electron chi connectivity index (χ2n) is 9.31. The molecule has 0 amide bonds. The number of aryl methyl sites for hydroxylation is 1. The largest absolute Gasteiger partial charge is 0.465 e. The van der Waals surface area contributed by atoms with Crippen molar-refractivity contribution < 1.29 is 27.4 Å². The Bertz CT molecular complexity index is 1250. The molecule has 35 heavy (non-hydrogen) atoms. The number of anilines is 1. The summed E-state index contributed by atoms with van der Waals surface area (Å²) in [6.45, 7) is 6.96. The maximum absolute atomic E-state index is 13.4. The average molecular weight is 521 g/mol. The number of rotatable bonds is 4. The van der Waals surface area contributed by atoms with E-state index in [1.807, 2.05) is 12.1 Å². The minimum absolute atomic E-state index is 0.0329. The predicted octanol–water partition coefficient (Wildman–Crippen LogP) is 3.82. The smallest absolute Gasteiger partial charge is 0.337 e. The topological polar surface area (TPSA) is 85.4 Å². The van der Waals surface area contributed by atoms with Gasteiger partial charge in [-0.3, -0.25) is 4.90 Å². The van der Waals surface area contributed by atoms with Crippen LogP contribution >= 0.6 is 11.6 Å². The lowest BCUT2D eigenvalue weighted by Gasteiger charge is -2.37. The third-order valence-corrected chi connectivity index (χ3v) is 8.82. The Labute approximate surface area is 210 Å². The zero-order valence-corrected chi connectivity index (χ0v) is 21.5. The highest BCUT2D eigenvalue weighted by atomic mass is 35.5. The minimum Gasteiger partial charge on any atom is -0.465 e. The first-order valence-corrected chi connectivity index (χ1v) is 13.8. The number of nitrogens with zero attached hydrogens (tertiary/aromatic N) is 2. The number of hydrogen-bond donors (Lipinski definition) is 0. The molecule has 0 radical (unpaired) electrons. The molecule has 3 aliphatic heterocycles. The molecule has 2 aromatic rings. The summed E-state index contributed by atoms with van der Waals surface area (Å²) in [4.78, 5) is 16.7. The van der Waals surface area contributed by atoms with Gasteiger partial charge in [0.2, 0.25) is 0 Å². The third kappa shape index (κ3) is 4.87. The average Bonchev–Trinajstić information content (AvgIpc) is 3.30. The highest BCUT2D eigenvalue weighted by Crippen LogP contribution is 2.45. The Morgan fingerprint density at radius 2 is 1.91 bits per heavy atom. The van der Waals surface area contributed by atoms with Crippen molar-refractivity contribution in [3.05, 3.63) is 46.0 Å². The summed E-state index contributed by atoms with van der Waals surface area (Å²) >= 11 is 6.65. The maximum atomic E-state index is 13.4. The molecular weight excluding hydrogens is 492 g/mol. The summed E-state index contributed by atoms with van der Waals surface area (Å²) in [6.07, 6.45) is 2.59. The summed E-state index contributed by atoms with van der Waals surface area (Å²) < 4.78 is 43.4. The molecule has 1 unspecified atom stereocenters. The molecule has 0 aromatic heterocycles. The zero-order chi connectivity index (χ0) is 24.7. The number of carbonyl (C=O) groups is 1. The van der Waals surface area contributed by atoms with Crippen molar-refractivity contribution in [3.63, 3.8) is 0 Å². The van der Waals surface area contributed by atoms with Gasteiger partial charge in [0.05, 0.1) is 29.6 Å². The number of benzene rings is 2. The number of halogens is 1. The second-order valence-corrected chi connectivity index (χ2v) is 11.7. The van der Waals surface area contributed by atoms with Gasteiger partial charge in [-0.2, -0.15) is 0 Å². The molecule has 0 N–H and O–H groups in total. The van der Waals surface area contributed by atoms with Crippen LogP contribution in [-0.4, -0.2) is 71.8 Å². The van der Waals surface area contributed by atoms with E-state index >= 15 is 0 Å². The number of ether oxygens (including phenoxy) is 3. The van der Waals surface area contributed by atoms with E-state index in [1.165, 1.54) is 13.2 Å². The number of fused-ring (bicyclic) bond motifs is 2. The SMILES string of the molecule is COC(=O)c1cc(C)c2c(c1)S(=O)(=O)Cc1cc(N3CCN(CC4CCCO4)CC3)cc(Cl)c1O2. The monoisotopic (exact) mass is 520 g/mol. The zero-order valence-electron chi connectivity index (χ0n) is 19.9. The van der Waals surface area contributed by atoms with Crippen molar-refractivity contribution in [1.82, 2.24) is 4.90 Å². The van der Waals surface area contributed by atoms with Crippen LogP contribution in [0.15, 0.2) is 29.2 Å². The van der Waals surface area contributed by atoms with Crippen molar-refractivity contribution in [1.29, 1.82) is 0 Å². The van der Waals surface area contributed by atoms with E-state index in [-0.39, 0.29) is 22.0 Å². The fourth-order valence-electron chi connectivity index (χ4n) is 5.03. The molecule has 2 aromatic carbocycles. The van der Waals surface area contributed by atoms with Gasteiger partial charge in [0.1, 0.15) is 16.4 Å². The van der Waals surface area contributed by atoms with Crippen LogP contribution in [0.5, 0.6) is 11.5 Å². The maximum Gasteiger partial charge on any atom is 0.337 e. The highest BCUT2D eigenvalue weighted by Gasteiger charge is 2.32. The lowest BCUT2D eigenvalue weighted by atomic mass is 10.1. The van der Waals surface area contributed by atoms with Gasteiger partial charge in [-0.15, -0.1) is 0 Å². The minimum atomic E-state index is -3.80. The van der Waals surface area contributed by atoms with E-state index in [0.29, 0.717) is 28.0 Å². The quantitative estimate of drug-likeness (QED) is 0.562. The number of methoxy groups -OCH3 is 1. The molecular formula is C25H29ClN2O6S. The molecule has 0 spiro atoms. The molecule has 188 valence electrons. The molecule has 8 nitrogen and oxygen atoms in total. The molecule has 2 fully saturated rings. The molecule has 0 aliphatic carbocycles. The molecule has 3 aliphatic rings. The molecule has 3 heterocycles. The van der Waals surface area contributed by atoms with E-state index in [0.717, 1.165) is 57.9 Å². The lowest BCUT2D eigenvalue weighted by Crippen LogP contribution is -2.48. The van der Waals surface area contributed by atoms with E-state index < -0.39 is 15.8 Å². The van der Waals surface area contributed by atoms with E-state index in [1.54, 1.807) is 13.0 Å². The van der Waals surface area contributed by atoms with Crippen LogP contribution in [0.1, 0.15) is 34.3 Å². The number of piperazine rings is 1. The Morgan fingerprint density at radius 1 is 1.14 bits per heavy atom. The highest BCUT2D eigenvalue weighted by molar-refractivity contribution is 7.90. The predicted molar refractivity (Wildman–Crippen MR) is 133 cm³/mol. The summed E-state index contributed by atoms with van der Waals surface area (Å²) in [5, 5.41) is 0.360. The van der Waals surface area contributed by atoms with Gasteiger partial charge in [-0.25, -0.2) is 13.2 Å². The summed E-state index contributed by atoms with van der Waals surface area (Å²) in [6, 6.07) is 6.57. The van der Waals surface area contributed by atoms with Gasteiger partial charge < -0.3 is 19.1 Å². The molecule has 2 saturated heterocycles. The van der Waals surface area contributed by atoms with Crippen LogP contribution in [0.25, 0.3) is 0 Å². The van der Waals surface area contributed by atoms with Crippen LogP contribution < -0.4 is 9.64 Å². The van der Waals surface area contributed by atoms with Crippen LogP contribution in [0, 0.1) is 6.92 Å². The number of esters is 1. The fourth-order valence-corrected chi connectivity index (χ4v) is 6.87. The number of sulfone groups is 1. The van der Waals surface area contributed by atoms with Gasteiger partial charge in [0.15, 0.2) is 9.84 Å². The van der Waals surface area contributed by atoms with Crippen molar-refractivity contribution in [2.24, 2.45) is 0 Å². The van der Waals surface area contributed by atoms with Crippen molar-refractivity contribution >= 4 is 33.1 Å². The number of carbonyl (C=O) groups excluding carboxylic acids is 1. The molecule has 1 atom stereocenters. The third-order valence-electron chi connectivity index (χ3n) is 6.87. The summed E-state index contributed by atoms with van der Waals surface area (Å²) in [5.74, 6) is -0.351. The Hall–Kier alpha value is -2.33. The molecule has 0 bridgehead atoms. The molecule has 5 rings (SSSR count). The molecule has 0 saturated carbocycles. The first kappa shape index (κ1) is 24.4. The lowest BCUT2D eigenvalue weighted by molar-refractivity contribution is 0.0600. The van der Waals surface area contributed by atoms with Gasteiger partial charge in [-0.1, -0.05) is 11.6 Å². The van der Waals surface area contributed by atoms with Gasteiger partial charge in [0, 0.05) is 50.6 Å². The van der Waals surface area contributed by atoms with Crippen LogP contribution in [-0.2, 0) is 25.1 Å². The second kappa shape index (κ2) is 9.61. The number of hydrogen-bond acceptors (Lipinski definition) is 8. The van der Waals surface area contributed by atoms with E-state index in [4.69, 9.17) is 25.8 Å². The Kier molecular flexibility index (Phi) is 6.69. The first-order valence-electron chi connectivity index (χ1n) is 11.8. The van der Waals surface area contributed by atoms with E-state index in [2.05, 4.69) is 9.80 Å². The van der Waals surface area contributed by atoms with Crippen molar-refractivity contribution in [2.45, 2.75) is 36.5 Å². The Balaban J connectivity index is 1.40. The van der Waals surface area contributed by atoms with Gasteiger partial charge in [-0.05, 0) is 49.6 Å². The van der Waals surface area contributed by atoms with Crippen LogP contribution in [0.3, 0.4) is 0 Å². The van der Waals surface area contributed by atoms with Crippen LogP contribution in [0.2, 0.25) is 5.02 Å². The normalized spacial score (nSPS) is 21.6. The van der Waals surface area contributed by atoms with Crippen LogP contribution in [0.4, 0.5) is 5.69 Å². The van der Waals surface area contributed by atoms with Crippen molar-refractivity contribution in [2.75, 3.05) is 51.3 Å². The van der Waals surface area contributed by atoms with E-state index in [9.17, 15) is 13.2 Å². The van der Waals surface area contributed by atoms with Crippen molar-refractivity contribution in [3.8, 4) is 11.5 Å². The molecule has 10 heteroatoms. The standard InChI is InChI=1S/C25H29ClN2O6S/c1-16-10-17(25(29)32-2)12-22-23(16)34-24-18(15-35(22,30)31)11-19(13-21(24)26)28-7-5-27(6-8-28)14-20-4-3-9-33-20/h10-13,20H,3-9,14-15H2,1-2H3. The summed E-state index contributed by atoms with van der Waals surface area (Å²) in [7, 11) is -2.54. The first-order chi connectivity index (χ1) is 16.7. The Morgan fingerprint density at radius 3 is 2.60 bits per heavy atom. The summed E-state index contributed by atoms with van der Waals surface area (Å²) in [5.41, 5.74) is 2.06. The fraction of sp³-hybridized carbons (Fsp3) is 0.480. The van der Waals surface area contributed by atoms with Gasteiger partial charge in [0.25, 0.3) is 0 Å².